The second-order valence-electron chi connectivity index (χ2n) is 13.5. The summed E-state index contributed by atoms with van der Waals surface area (Å²) >= 11 is 0. The first-order valence-electron chi connectivity index (χ1n) is 15.3. The lowest BCUT2D eigenvalue weighted by atomic mass is 9.63. The number of hydrogen-bond acceptors (Lipinski definition) is 1. The van der Waals surface area contributed by atoms with Gasteiger partial charge in [0.05, 0.1) is 11.4 Å². The van der Waals surface area contributed by atoms with Gasteiger partial charge in [-0.15, -0.1) is 0 Å². The number of anilines is 2. The highest BCUT2D eigenvalue weighted by Crippen LogP contribution is 2.59. The molecule has 1 aliphatic carbocycles. The first kappa shape index (κ1) is 25.4. The Balaban J connectivity index is 1.28. The molecule has 0 spiro atoms. The van der Waals surface area contributed by atoms with Gasteiger partial charge in [-0.05, 0) is 98.0 Å². The van der Waals surface area contributed by atoms with Gasteiger partial charge in [0.25, 0.3) is 0 Å². The number of nitrogens with zero attached hydrogens (tertiary/aromatic N) is 1. The molecule has 0 N–H and O–H groups in total. The fraction of sp³-hybridized carbons (Fsp3) is 0.220. The molecule has 2 heterocycles. The lowest BCUT2D eigenvalue weighted by Gasteiger charge is -2.51. The minimum Gasteiger partial charge on any atom is -0.310 e. The van der Waals surface area contributed by atoms with Crippen molar-refractivity contribution in [1.82, 2.24) is 0 Å². The van der Waals surface area contributed by atoms with Crippen molar-refractivity contribution < 1.29 is 0 Å². The Labute approximate surface area is 249 Å². The number of hydrogen-bond donors (Lipinski definition) is 0. The number of rotatable bonds is 2. The molecule has 1 unspecified atom stereocenters. The Kier molecular flexibility index (Phi) is 5.33. The standard InChI is InChI=1S/C41H37N/c1-26-11-9-16-37-38(26)41(4,5)34-15-10-14-33-39(34)42(37)36-22-21-32(25-35(36)40(33,2)3)31-20-19-29-23-28(17-18-30(29)24-31)27-12-7-6-8-13-27/h6-10,12-26H,11H2,1-5H3. The summed E-state index contributed by atoms with van der Waals surface area (Å²) < 4.78 is 0. The Bertz CT molecular complexity index is 1970. The molecule has 0 bridgehead atoms. The quantitative estimate of drug-likeness (QED) is 0.214. The molecule has 1 atom stereocenters. The highest BCUT2D eigenvalue weighted by molar-refractivity contribution is 5.93. The van der Waals surface area contributed by atoms with Crippen molar-refractivity contribution in [2.24, 2.45) is 5.92 Å². The second kappa shape index (κ2) is 8.82. The highest BCUT2D eigenvalue weighted by Gasteiger charge is 2.47. The maximum absolute atomic E-state index is 2.59. The van der Waals surface area contributed by atoms with Gasteiger partial charge in [0.15, 0.2) is 0 Å². The number of allylic oxidation sites excluding steroid dienone is 3. The van der Waals surface area contributed by atoms with Crippen LogP contribution in [0.15, 0.2) is 127 Å². The first-order valence-corrected chi connectivity index (χ1v) is 15.3. The topological polar surface area (TPSA) is 3.24 Å². The molecular weight excluding hydrogens is 506 g/mol. The monoisotopic (exact) mass is 543 g/mol. The van der Waals surface area contributed by atoms with Crippen LogP contribution in [0.4, 0.5) is 11.4 Å². The molecule has 2 aliphatic heterocycles. The minimum absolute atomic E-state index is 0.000346. The van der Waals surface area contributed by atoms with E-state index in [0.29, 0.717) is 5.92 Å². The van der Waals surface area contributed by atoms with Crippen molar-refractivity contribution in [2.75, 3.05) is 4.90 Å². The van der Waals surface area contributed by atoms with E-state index in [2.05, 4.69) is 155 Å². The predicted octanol–water partition coefficient (Wildman–Crippen LogP) is 11.1. The van der Waals surface area contributed by atoms with Crippen molar-refractivity contribution in [3.8, 4) is 22.3 Å². The number of para-hydroxylation sites is 1. The van der Waals surface area contributed by atoms with Gasteiger partial charge in [0, 0.05) is 16.5 Å². The molecule has 42 heavy (non-hydrogen) atoms. The molecule has 5 aromatic rings. The van der Waals surface area contributed by atoms with Crippen LogP contribution in [-0.4, -0.2) is 0 Å². The van der Waals surface area contributed by atoms with Crippen molar-refractivity contribution in [3.63, 3.8) is 0 Å². The van der Waals surface area contributed by atoms with Gasteiger partial charge in [-0.1, -0.05) is 120 Å². The summed E-state index contributed by atoms with van der Waals surface area (Å²) in [6.45, 7) is 12.1. The molecule has 0 radical (unpaired) electrons. The van der Waals surface area contributed by atoms with Gasteiger partial charge in [-0.25, -0.2) is 0 Å². The van der Waals surface area contributed by atoms with E-state index in [9.17, 15) is 0 Å². The zero-order valence-electron chi connectivity index (χ0n) is 25.2. The van der Waals surface area contributed by atoms with Crippen molar-refractivity contribution in [1.29, 1.82) is 0 Å². The van der Waals surface area contributed by atoms with Crippen LogP contribution in [0.1, 0.15) is 57.7 Å². The predicted molar refractivity (Wildman–Crippen MR) is 179 cm³/mol. The average molecular weight is 544 g/mol. The molecule has 8 rings (SSSR count). The van der Waals surface area contributed by atoms with Crippen LogP contribution in [0.25, 0.3) is 33.0 Å². The molecule has 0 fully saturated rings. The molecule has 0 saturated heterocycles. The van der Waals surface area contributed by atoms with Crippen molar-refractivity contribution in [3.05, 3.63) is 143 Å². The maximum Gasteiger partial charge on any atom is 0.0543 e. The first-order chi connectivity index (χ1) is 20.2. The van der Waals surface area contributed by atoms with Crippen molar-refractivity contribution >= 4 is 22.1 Å². The van der Waals surface area contributed by atoms with Gasteiger partial charge in [0.1, 0.15) is 0 Å². The van der Waals surface area contributed by atoms with Gasteiger partial charge in [-0.3, -0.25) is 0 Å². The van der Waals surface area contributed by atoms with E-state index in [-0.39, 0.29) is 10.8 Å². The van der Waals surface area contributed by atoms with Gasteiger partial charge in [0.2, 0.25) is 0 Å². The zero-order chi connectivity index (χ0) is 28.8. The largest absolute Gasteiger partial charge is 0.310 e. The van der Waals surface area contributed by atoms with Crippen molar-refractivity contribution in [2.45, 2.75) is 51.9 Å². The molecule has 206 valence electrons. The molecule has 0 aromatic heterocycles. The summed E-state index contributed by atoms with van der Waals surface area (Å²) in [6.07, 6.45) is 5.87. The van der Waals surface area contributed by atoms with E-state index in [1.54, 1.807) is 5.57 Å². The third-order valence-corrected chi connectivity index (χ3v) is 10.2. The summed E-state index contributed by atoms with van der Waals surface area (Å²) in [6, 6.07) is 38.6. The number of fused-ring (bicyclic) bond motifs is 4. The van der Waals surface area contributed by atoms with E-state index in [1.807, 2.05) is 0 Å². The third-order valence-electron chi connectivity index (χ3n) is 10.2. The van der Waals surface area contributed by atoms with Gasteiger partial charge < -0.3 is 4.90 Å². The fourth-order valence-electron chi connectivity index (χ4n) is 8.08. The summed E-state index contributed by atoms with van der Waals surface area (Å²) in [5.41, 5.74) is 14.8. The van der Waals surface area contributed by atoms with Crippen LogP contribution in [0.3, 0.4) is 0 Å². The molecule has 0 saturated carbocycles. The van der Waals surface area contributed by atoms with Crippen LogP contribution in [0.2, 0.25) is 0 Å². The Morgan fingerprint density at radius 1 is 0.595 bits per heavy atom. The van der Waals surface area contributed by atoms with E-state index < -0.39 is 0 Å². The number of benzene rings is 5. The Morgan fingerprint density at radius 2 is 1.21 bits per heavy atom. The van der Waals surface area contributed by atoms with Crippen LogP contribution >= 0.6 is 0 Å². The fourth-order valence-corrected chi connectivity index (χ4v) is 8.08. The molecular formula is C41H37N. The smallest absolute Gasteiger partial charge is 0.0543 e. The van der Waals surface area contributed by atoms with Gasteiger partial charge in [-0.2, -0.15) is 0 Å². The summed E-state index contributed by atoms with van der Waals surface area (Å²) in [5, 5.41) is 2.54. The van der Waals surface area contributed by atoms with Crippen LogP contribution in [0.5, 0.6) is 0 Å². The Morgan fingerprint density at radius 3 is 1.93 bits per heavy atom. The van der Waals surface area contributed by atoms with Crippen LogP contribution < -0.4 is 4.90 Å². The molecule has 5 aromatic carbocycles. The van der Waals surface area contributed by atoms with E-state index >= 15 is 0 Å². The lowest BCUT2D eigenvalue weighted by molar-refractivity contribution is 0.493. The van der Waals surface area contributed by atoms with E-state index in [0.717, 1.165) is 6.42 Å². The van der Waals surface area contributed by atoms with Crippen LogP contribution in [-0.2, 0) is 10.8 Å². The highest BCUT2D eigenvalue weighted by atomic mass is 15.2. The Hall–Kier alpha value is -4.36. The molecule has 3 aliphatic rings. The molecule has 0 amide bonds. The van der Waals surface area contributed by atoms with Crippen LogP contribution in [0, 0.1) is 5.92 Å². The SMILES string of the molecule is CC1CC=CC2=C1C(C)(C)c1cccc3c1N2c1ccc(-c2ccc4cc(-c5ccccc5)ccc4c2)cc1C3(C)C. The maximum atomic E-state index is 2.59. The minimum atomic E-state index is -0.118. The summed E-state index contributed by atoms with van der Waals surface area (Å²) in [5.74, 6) is 0.523. The normalized spacial score (nSPS) is 19.4. The zero-order valence-corrected chi connectivity index (χ0v) is 25.2. The summed E-state index contributed by atoms with van der Waals surface area (Å²) in [7, 11) is 0. The summed E-state index contributed by atoms with van der Waals surface area (Å²) in [4.78, 5) is 2.59. The second-order valence-corrected chi connectivity index (χ2v) is 13.5. The molecule has 1 nitrogen and oxygen atoms in total. The average Bonchev–Trinajstić information content (AvgIpc) is 3.00. The van der Waals surface area contributed by atoms with Gasteiger partial charge >= 0.3 is 0 Å². The van der Waals surface area contributed by atoms with E-state index in [4.69, 9.17) is 0 Å². The third kappa shape index (κ3) is 3.49. The lowest BCUT2D eigenvalue weighted by Crippen LogP contribution is -2.42. The molecule has 1 heteroatoms. The van der Waals surface area contributed by atoms with E-state index in [1.165, 1.54) is 66.8 Å².